The van der Waals surface area contributed by atoms with Crippen LogP contribution in [0, 0.1) is 0 Å². The quantitative estimate of drug-likeness (QED) is 0.498. The van der Waals surface area contributed by atoms with Gasteiger partial charge in [0, 0.05) is 57.9 Å². The third-order valence-corrected chi connectivity index (χ3v) is 4.79. The van der Waals surface area contributed by atoms with Crippen molar-refractivity contribution >= 4 is 34.8 Å². The van der Waals surface area contributed by atoms with Crippen LogP contribution in [0.15, 0.2) is 35.1 Å². The Balaban J connectivity index is 1.77. The highest BCUT2D eigenvalue weighted by atomic mass is 16.5. The van der Waals surface area contributed by atoms with E-state index in [4.69, 9.17) is 10.5 Å². The summed E-state index contributed by atoms with van der Waals surface area (Å²) in [5, 5.41) is 7.13. The molecule has 0 saturated carbocycles. The van der Waals surface area contributed by atoms with E-state index in [0.717, 1.165) is 12.7 Å². The molecule has 11 nitrogen and oxygen atoms in total. The number of carbonyl (C=O) groups is 2. The number of amides is 2. The largest absolute Gasteiger partial charge is 0.404 e. The highest BCUT2D eigenvalue weighted by Crippen LogP contribution is 2.15. The van der Waals surface area contributed by atoms with Gasteiger partial charge in [0.15, 0.2) is 5.65 Å². The maximum Gasteiger partial charge on any atom is 0.274 e. The summed E-state index contributed by atoms with van der Waals surface area (Å²) in [7, 11) is 3.34. The Bertz CT molecular complexity index is 991. The smallest absolute Gasteiger partial charge is 0.274 e. The molecule has 3 rings (SSSR count). The van der Waals surface area contributed by atoms with Crippen molar-refractivity contribution in [2.24, 2.45) is 10.7 Å². The maximum absolute atomic E-state index is 12.8. The Hall–Kier alpha value is -3.47. The number of aliphatic imine (C=N–C) groups is 1. The van der Waals surface area contributed by atoms with Gasteiger partial charge in [-0.1, -0.05) is 0 Å². The second kappa shape index (κ2) is 9.35. The van der Waals surface area contributed by atoms with E-state index in [2.05, 4.69) is 20.4 Å². The zero-order valence-electron chi connectivity index (χ0n) is 17.3. The van der Waals surface area contributed by atoms with Gasteiger partial charge in [0.25, 0.3) is 11.8 Å². The first kappa shape index (κ1) is 21.2. The lowest BCUT2D eigenvalue weighted by molar-refractivity contribution is -0.130. The zero-order valence-corrected chi connectivity index (χ0v) is 17.3. The predicted molar refractivity (Wildman–Crippen MR) is 114 cm³/mol. The van der Waals surface area contributed by atoms with E-state index in [0.29, 0.717) is 43.6 Å². The number of nitrogens with two attached hydrogens (primary N) is 1. The van der Waals surface area contributed by atoms with Crippen LogP contribution < -0.4 is 16.0 Å². The van der Waals surface area contributed by atoms with Crippen LogP contribution in [0.1, 0.15) is 6.92 Å². The molecular weight excluding hydrogens is 388 g/mol. The number of nitrogens with one attached hydrogen (secondary N) is 1. The number of morpholine rings is 1. The number of hydrogen-bond donors (Lipinski definition) is 2. The number of pyridine rings is 1. The molecule has 0 unspecified atom stereocenters. The zero-order chi connectivity index (χ0) is 21.7. The number of aromatic nitrogens is 3. The summed E-state index contributed by atoms with van der Waals surface area (Å²) in [6.07, 6.45) is 2.82. The van der Waals surface area contributed by atoms with Crippen molar-refractivity contribution in [3.63, 3.8) is 0 Å². The topological polar surface area (TPSA) is 130 Å². The highest BCUT2D eigenvalue weighted by molar-refractivity contribution is 6.53. The normalized spacial score (nSPS) is 15.4. The fraction of sp³-hybridized carbons (Fsp3) is 0.421. The van der Waals surface area contributed by atoms with Crippen molar-refractivity contribution in [3.8, 4) is 0 Å². The number of rotatable bonds is 6. The monoisotopic (exact) mass is 414 g/mol. The average molecular weight is 414 g/mol. The van der Waals surface area contributed by atoms with Gasteiger partial charge in [-0.2, -0.15) is 4.98 Å². The molecule has 3 N–H and O–H groups in total. The second-order valence-electron chi connectivity index (χ2n) is 6.66. The molecule has 3 heterocycles. The minimum absolute atomic E-state index is 0.0401. The SMILES string of the molecule is CCN(C)c1nc2cc(NC(=O)C(=NC)C(=CN)C(=O)N3CCOCC3)ccn2n1. The maximum atomic E-state index is 12.8. The summed E-state index contributed by atoms with van der Waals surface area (Å²) in [5.74, 6) is -0.302. The number of anilines is 2. The molecule has 30 heavy (non-hydrogen) atoms. The van der Waals surface area contributed by atoms with Crippen molar-refractivity contribution < 1.29 is 14.3 Å². The Morgan fingerprint density at radius 2 is 2.13 bits per heavy atom. The lowest BCUT2D eigenvalue weighted by atomic mass is 10.1. The Morgan fingerprint density at radius 3 is 2.77 bits per heavy atom. The molecule has 1 aliphatic heterocycles. The Labute approximate surface area is 174 Å². The Kier molecular flexibility index (Phi) is 6.62. The molecule has 0 aromatic carbocycles. The highest BCUT2D eigenvalue weighted by Gasteiger charge is 2.27. The molecule has 2 amide bonds. The number of fused-ring (bicyclic) bond motifs is 1. The molecule has 1 aliphatic rings. The molecule has 0 spiro atoms. The lowest BCUT2D eigenvalue weighted by Gasteiger charge is -2.27. The van der Waals surface area contributed by atoms with E-state index in [1.54, 1.807) is 27.7 Å². The number of hydrogen-bond acceptors (Lipinski definition) is 8. The number of ether oxygens (including phenoxy) is 1. The minimum atomic E-state index is -0.537. The van der Waals surface area contributed by atoms with Crippen molar-refractivity contribution in [1.82, 2.24) is 19.5 Å². The molecule has 0 radical (unpaired) electrons. The van der Waals surface area contributed by atoms with Crippen LogP contribution in [0.4, 0.5) is 11.6 Å². The molecule has 2 aromatic heterocycles. The van der Waals surface area contributed by atoms with Crippen molar-refractivity contribution in [2.45, 2.75) is 6.92 Å². The average Bonchev–Trinajstić information content (AvgIpc) is 3.20. The van der Waals surface area contributed by atoms with E-state index in [1.165, 1.54) is 7.05 Å². The van der Waals surface area contributed by atoms with E-state index < -0.39 is 5.91 Å². The van der Waals surface area contributed by atoms with Gasteiger partial charge in [-0.05, 0) is 13.0 Å². The van der Waals surface area contributed by atoms with Crippen LogP contribution in [0.5, 0.6) is 0 Å². The Morgan fingerprint density at radius 1 is 1.40 bits per heavy atom. The molecule has 2 aromatic rings. The summed E-state index contributed by atoms with van der Waals surface area (Å²) in [5.41, 5.74) is 6.77. The fourth-order valence-corrected chi connectivity index (χ4v) is 2.97. The van der Waals surface area contributed by atoms with Crippen molar-refractivity contribution in [2.75, 3.05) is 57.2 Å². The van der Waals surface area contributed by atoms with Crippen LogP contribution >= 0.6 is 0 Å². The van der Waals surface area contributed by atoms with Gasteiger partial charge in [0.1, 0.15) is 5.71 Å². The summed E-state index contributed by atoms with van der Waals surface area (Å²) >= 11 is 0. The first-order chi connectivity index (χ1) is 14.5. The molecule has 0 aliphatic carbocycles. The van der Waals surface area contributed by atoms with Gasteiger partial charge in [-0.25, -0.2) is 4.52 Å². The third kappa shape index (κ3) is 4.40. The van der Waals surface area contributed by atoms with E-state index >= 15 is 0 Å². The first-order valence-electron chi connectivity index (χ1n) is 9.63. The van der Waals surface area contributed by atoms with Crippen molar-refractivity contribution in [1.29, 1.82) is 0 Å². The van der Waals surface area contributed by atoms with E-state index in [-0.39, 0.29) is 17.2 Å². The van der Waals surface area contributed by atoms with Gasteiger partial charge >= 0.3 is 0 Å². The molecule has 11 heteroatoms. The van der Waals surface area contributed by atoms with Crippen LogP contribution in [-0.4, -0.2) is 84.0 Å². The third-order valence-electron chi connectivity index (χ3n) is 4.79. The van der Waals surface area contributed by atoms with Crippen LogP contribution in [0.3, 0.4) is 0 Å². The predicted octanol–water partition coefficient (Wildman–Crippen LogP) is -0.104. The van der Waals surface area contributed by atoms with Gasteiger partial charge in [0.2, 0.25) is 5.95 Å². The minimum Gasteiger partial charge on any atom is -0.404 e. The molecule has 1 saturated heterocycles. The lowest BCUT2D eigenvalue weighted by Crippen LogP contribution is -2.44. The van der Waals surface area contributed by atoms with Gasteiger partial charge in [-0.15, -0.1) is 5.10 Å². The summed E-state index contributed by atoms with van der Waals surface area (Å²) in [6, 6.07) is 3.39. The van der Waals surface area contributed by atoms with Gasteiger partial charge < -0.3 is 25.6 Å². The van der Waals surface area contributed by atoms with Crippen LogP contribution in [-0.2, 0) is 14.3 Å². The summed E-state index contributed by atoms with van der Waals surface area (Å²) in [4.78, 5) is 37.6. The van der Waals surface area contributed by atoms with Gasteiger partial charge in [-0.3, -0.25) is 14.6 Å². The number of carbonyl (C=O) groups excluding carboxylic acids is 2. The standard InChI is InChI=1S/C19H26N8O3/c1-4-25(3)19-23-15-11-13(5-6-27(15)24-19)22-17(28)16(21-2)14(12-20)18(29)26-7-9-30-10-8-26/h5-6,11-12H,4,7-10,20H2,1-3H3,(H,22,28). The van der Waals surface area contributed by atoms with Crippen LogP contribution in [0.25, 0.3) is 5.65 Å². The number of nitrogens with zero attached hydrogens (tertiary/aromatic N) is 6. The summed E-state index contributed by atoms with van der Waals surface area (Å²) < 4.78 is 6.89. The molecule has 0 bridgehead atoms. The van der Waals surface area contributed by atoms with Gasteiger partial charge in [0.05, 0.1) is 18.8 Å². The van der Waals surface area contributed by atoms with E-state index in [9.17, 15) is 9.59 Å². The van der Waals surface area contributed by atoms with Crippen LogP contribution in [0.2, 0.25) is 0 Å². The second-order valence-corrected chi connectivity index (χ2v) is 6.66. The molecule has 0 atom stereocenters. The van der Waals surface area contributed by atoms with E-state index in [1.807, 2.05) is 18.9 Å². The van der Waals surface area contributed by atoms with Crippen molar-refractivity contribution in [3.05, 3.63) is 30.1 Å². The summed E-state index contributed by atoms with van der Waals surface area (Å²) in [6.45, 7) is 4.54. The molecule has 1 fully saturated rings. The molecule has 160 valence electrons. The fourth-order valence-electron chi connectivity index (χ4n) is 2.97. The first-order valence-corrected chi connectivity index (χ1v) is 9.63. The molecular formula is C19H26N8O3.